The second-order valence-corrected chi connectivity index (χ2v) is 7.47. The molecule has 0 aliphatic heterocycles. The maximum Gasteiger partial charge on any atom is 0.513 e. The van der Waals surface area contributed by atoms with E-state index in [4.69, 9.17) is 9.47 Å². The summed E-state index contributed by atoms with van der Waals surface area (Å²) in [6.07, 6.45) is 14.4. The van der Waals surface area contributed by atoms with Crippen molar-refractivity contribution in [1.29, 1.82) is 0 Å². The minimum Gasteiger partial charge on any atom is -0.434 e. The van der Waals surface area contributed by atoms with Gasteiger partial charge in [-0.3, -0.25) is 0 Å². The van der Waals surface area contributed by atoms with Gasteiger partial charge in [0.2, 0.25) is 0 Å². The summed E-state index contributed by atoms with van der Waals surface area (Å²) < 4.78 is 10.8. The van der Waals surface area contributed by atoms with E-state index in [1.54, 1.807) is 0 Å². The number of hydrogen-bond acceptors (Lipinski definition) is 3. The molecule has 1 rings (SSSR count). The monoisotopic (exact) mass is 376 g/mol. The summed E-state index contributed by atoms with van der Waals surface area (Å²) in [5.74, 6) is 0.668. The quantitative estimate of drug-likeness (QED) is 0.179. The lowest BCUT2D eigenvalue weighted by molar-refractivity contribution is 0.0969. The molecule has 0 amide bonds. The Bertz CT molecular complexity index is 510. The summed E-state index contributed by atoms with van der Waals surface area (Å²) in [6, 6.07) is 6.26. The van der Waals surface area contributed by atoms with Crippen molar-refractivity contribution in [2.24, 2.45) is 0 Å². The number of rotatable bonds is 15. The summed E-state index contributed by atoms with van der Waals surface area (Å²) in [5.41, 5.74) is 2.48. The van der Waals surface area contributed by atoms with Gasteiger partial charge in [-0.15, -0.1) is 0 Å². The highest BCUT2D eigenvalue weighted by Gasteiger charge is 2.11. The minimum absolute atomic E-state index is 0.447. The fourth-order valence-corrected chi connectivity index (χ4v) is 3.21. The molecule has 0 atom stereocenters. The van der Waals surface area contributed by atoms with E-state index in [1.165, 1.54) is 56.9 Å². The van der Waals surface area contributed by atoms with E-state index in [2.05, 4.69) is 32.9 Å². The lowest BCUT2D eigenvalue weighted by atomic mass is 10.0. The van der Waals surface area contributed by atoms with E-state index in [9.17, 15) is 4.79 Å². The lowest BCUT2D eigenvalue weighted by Crippen LogP contribution is -2.13. The van der Waals surface area contributed by atoms with Gasteiger partial charge >= 0.3 is 6.16 Å². The van der Waals surface area contributed by atoms with Crippen molar-refractivity contribution in [3.63, 3.8) is 0 Å². The van der Waals surface area contributed by atoms with E-state index in [0.717, 1.165) is 37.7 Å². The molecule has 0 N–H and O–H groups in total. The molecular weight excluding hydrogens is 336 g/mol. The summed E-state index contributed by atoms with van der Waals surface area (Å²) in [6.45, 7) is 7.07. The molecule has 0 aliphatic carbocycles. The van der Waals surface area contributed by atoms with Gasteiger partial charge < -0.3 is 9.47 Å². The molecule has 0 fully saturated rings. The van der Waals surface area contributed by atoms with Crippen LogP contribution in [0.15, 0.2) is 18.2 Å². The maximum atomic E-state index is 12.0. The van der Waals surface area contributed by atoms with Gasteiger partial charge in [-0.1, -0.05) is 84.3 Å². The van der Waals surface area contributed by atoms with Crippen LogP contribution in [0.3, 0.4) is 0 Å². The van der Waals surface area contributed by atoms with E-state index < -0.39 is 6.16 Å². The van der Waals surface area contributed by atoms with Crippen molar-refractivity contribution in [2.45, 2.75) is 104 Å². The van der Waals surface area contributed by atoms with Gasteiger partial charge in [0.25, 0.3) is 0 Å². The smallest absolute Gasteiger partial charge is 0.434 e. The molecule has 0 saturated heterocycles. The van der Waals surface area contributed by atoms with Crippen molar-refractivity contribution in [2.75, 3.05) is 6.61 Å². The zero-order valence-corrected chi connectivity index (χ0v) is 17.9. The van der Waals surface area contributed by atoms with Crippen LogP contribution in [0.4, 0.5) is 4.79 Å². The molecule has 0 aromatic heterocycles. The highest BCUT2D eigenvalue weighted by atomic mass is 16.7. The number of carbonyl (C=O) groups excluding carboxylic acids is 1. The van der Waals surface area contributed by atoms with Crippen LogP contribution >= 0.6 is 0 Å². The van der Waals surface area contributed by atoms with Gasteiger partial charge in [-0.2, -0.15) is 0 Å². The van der Waals surface area contributed by atoms with Gasteiger partial charge in [0, 0.05) is 0 Å². The SMILES string of the molecule is CCCCCCCOC(=O)Oc1ccc(CCCCC)cc1CCCCC. The summed E-state index contributed by atoms with van der Waals surface area (Å²) in [4.78, 5) is 12.0. The van der Waals surface area contributed by atoms with Gasteiger partial charge in [-0.25, -0.2) is 4.79 Å². The summed E-state index contributed by atoms with van der Waals surface area (Å²) >= 11 is 0. The standard InChI is InChI=1S/C24H40O3/c1-4-7-10-11-14-19-26-24(25)27-23-18-17-21(15-12-8-5-2)20-22(23)16-13-9-6-3/h17-18,20H,4-16,19H2,1-3H3. The number of ether oxygens (including phenoxy) is 2. The lowest BCUT2D eigenvalue weighted by Gasteiger charge is -2.12. The zero-order chi connectivity index (χ0) is 19.7. The fourth-order valence-electron chi connectivity index (χ4n) is 3.21. The maximum absolute atomic E-state index is 12.0. The number of benzene rings is 1. The van der Waals surface area contributed by atoms with Crippen LogP contribution < -0.4 is 4.74 Å². The Morgan fingerprint density at radius 3 is 2.11 bits per heavy atom. The molecule has 1 aromatic carbocycles. The van der Waals surface area contributed by atoms with Crippen LogP contribution in [-0.2, 0) is 17.6 Å². The molecule has 0 saturated carbocycles. The summed E-state index contributed by atoms with van der Waals surface area (Å²) in [5, 5.41) is 0. The van der Waals surface area contributed by atoms with Crippen molar-refractivity contribution in [3.05, 3.63) is 29.3 Å². The molecule has 0 spiro atoms. The van der Waals surface area contributed by atoms with E-state index >= 15 is 0 Å². The van der Waals surface area contributed by atoms with E-state index in [1.807, 2.05) is 6.07 Å². The van der Waals surface area contributed by atoms with Gasteiger partial charge in [0.1, 0.15) is 5.75 Å². The summed E-state index contributed by atoms with van der Waals surface area (Å²) in [7, 11) is 0. The van der Waals surface area contributed by atoms with Crippen LogP contribution in [0.2, 0.25) is 0 Å². The molecule has 0 bridgehead atoms. The molecule has 1 aromatic rings. The third-order valence-corrected chi connectivity index (χ3v) is 4.90. The average Bonchev–Trinajstić information content (AvgIpc) is 2.67. The Kier molecular flexibility index (Phi) is 13.5. The minimum atomic E-state index is -0.569. The van der Waals surface area contributed by atoms with Gasteiger partial charge in [-0.05, 0) is 49.3 Å². The highest BCUT2D eigenvalue weighted by molar-refractivity contribution is 5.64. The number of hydrogen-bond donors (Lipinski definition) is 0. The number of carbonyl (C=O) groups is 1. The van der Waals surface area contributed by atoms with Crippen molar-refractivity contribution in [1.82, 2.24) is 0 Å². The highest BCUT2D eigenvalue weighted by Crippen LogP contribution is 2.24. The molecule has 0 unspecified atom stereocenters. The molecule has 0 radical (unpaired) electrons. The molecular formula is C24H40O3. The third-order valence-electron chi connectivity index (χ3n) is 4.90. The van der Waals surface area contributed by atoms with Crippen LogP contribution in [0.1, 0.15) is 103 Å². The zero-order valence-electron chi connectivity index (χ0n) is 17.9. The Labute approximate surface area is 166 Å². The van der Waals surface area contributed by atoms with Crippen LogP contribution in [-0.4, -0.2) is 12.8 Å². The molecule has 0 heterocycles. The second-order valence-electron chi connectivity index (χ2n) is 7.47. The first kappa shape index (κ1) is 23.5. The first-order valence-electron chi connectivity index (χ1n) is 11.2. The first-order valence-corrected chi connectivity index (χ1v) is 11.2. The average molecular weight is 377 g/mol. The van der Waals surface area contributed by atoms with Crippen LogP contribution in [0.5, 0.6) is 5.75 Å². The van der Waals surface area contributed by atoms with Crippen molar-refractivity contribution < 1.29 is 14.3 Å². The Hall–Kier alpha value is -1.51. The topological polar surface area (TPSA) is 35.5 Å². The Balaban J connectivity index is 2.55. The van der Waals surface area contributed by atoms with Crippen molar-refractivity contribution in [3.8, 4) is 5.75 Å². The first-order chi connectivity index (χ1) is 13.2. The molecule has 27 heavy (non-hydrogen) atoms. The molecule has 3 nitrogen and oxygen atoms in total. The van der Waals surface area contributed by atoms with E-state index in [0.29, 0.717) is 12.4 Å². The fraction of sp³-hybridized carbons (Fsp3) is 0.708. The molecule has 3 heteroatoms. The normalized spacial score (nSPS) is 10.8. The number of aryl methyl sites for hydroxylation is 2. The van der Waals surface area contributed by atoms with E-state index in [-0.39, 0.29) is 0 Å². The van der Waals surface area contributed by atoms with Crippen LogP contribution in [0.25, 0.3) is 0 Å². The number of unbranched alkanes of at least 4 members (excludes halogenated alkanes) is 8. The predicted molar refractivity (Wildman–Crippen MR) is 114 cm³/mol. The third kappa shape index (κ3) is 11.0. The molecule has 154 valence electrons. The second kappa shape index (κ2) is 15.5. The van der Waals surface area contributed by atoms with Gasteiger partial charge in [0.05, 0.1) is 6.61 Å². The van der Waals surface area contributed by atoms with Gasteiger partial charge in [0.15, 0.2) is 0 Å². The Morgan fingerprint density at radius 2 is 1.41 bits per heavy atom. The predicted octanol–water partition coefficient (Wildman–Crippen LogP) is 7.64. The molecule has 0 aliphatic rings. The Morgan fingerprint density at radius 1 is 0.778 bits per heavy atom. The largest absolute Gasteiger partial charge is 0.513 e. The van der Waals surface area contributed by atoms with Crippen molar-refractivity contribution >= 4 is 6.16 Å². The van der Waals surface area contributed by atoms with Crippen LogP contribution in [0, 0.1) is 0 Å².